The molecular weight excluding hydrogens is 292 g/mol. The van der Waals surface area contributed by atoms with E-state index in [1.165, 1.54) is 10.9 Å². The minimum atomic E-state index is -3.53. The largest absolute Gasteiger partial charge is 0.379 e. The van der Waals surface area contributed by atoms with Crippen molar-refractivity contribution in [1.29, 1.82) is 0 Å². The van der Waals surface area contributed by atoms with Crippen molar-refractivity contribution in [3.8, 4) is 0 Å². The van der Waals surface area contributed by atoms with Gasteiger partial charge in [0.05, 0.1) is 19.4 Å². The number of aryl methyl sites for hydroxylation is 1. The van der Waals surface area contributed by atoms with Gasteiger partial charge in [-0.1, -0.05) is 6.92 Å². The van der Waals surface area contributed by atoms with Gasteiger partial charge in [0.15, 0.2) is 5.03 Å². The van der Waals surface area contributed by atoms with Gasteiger partial charge in [0, 0.05) is 32.2 Å². The lowest BCUT2D eigenvalue weighted by atomic mass is 10.3. The van der Waals surface area contributed by atoms with E-state index in [-0.39, 0.29) is 11.1 Å². The Hall–Kier alpha value is -0.960. The fraction of sp³-hybridized carbons (Fsp3) is 0.769. The Balaban J connectivity index is 1.97. The number of sulfonamides is 1. The predicted octanol–water partition coefficient (Wildman–Crippen LogP) is 0.292. The summed E-state index contributed by atoms with van der Waals surface area (Å²) in [6.07, 6.45) is 2.37. The van der Waals surface area contributed by atoms with Crippen LogP contribution in [0.15, 0.2) is 17.3 Å². The van der Waals surface area contributed by atoms with Crippen LogP contribution < -0.4 is 4.72 Å². The summed E-state index contributed by atoms with van der Waals surface area (Å²) in [6, 6.07) is 1.39. The van der Waals surface area contributed by atoms with E-state index in [0.717, 1.165) is 19.5 Å². The molecule has 0 saturated carbocycles. The van der Waals surface area contributed by atoms with Crippen molar-refractivity contribution < 1.29 is 13.2 Å². The third-order valence-corrected chi connectivity index (χ3v) is 4.99. The number of aromatic nitrogens is 2. The minimum absolute atomic E-state index is 0.155. The molecule has 2 heterocycles. The van der Waals surface area contributed by atoms with Gasteiger partial charge in [0.2, 0.25) is 0 Å². The summed E-state index contributed by atoms with van der Waals surface area (Å²) in [7, 11) is -3.53. The molecule has 8 heteroatoms. The third-order valence-electron chi connectivity index (χ3n) is 3.38. The van der Waals surface area contributed by atoms with E-state index >= 15 is 0 Å². The lowest BCUT2D eigenvalue weighted by Gasteiger charge is -2.29. The van der Waals surface area contributed by atoms with Crippen molar-refractivity contribution in [1.82, 2.24) is 19.4 Å². The summed E-state index contributed by atoms with van der Waals surface area (Å²) >= 11 is 0. The fourth-order valence-corrected chi connectivity index (χ4v) is 3.84. The van der Waals surface area contributed by atoms with Gasteiger partial charge < -0.3 is 4.74 Å². The zero-order chi connectivity index (χ0) is 15.3. The van der Waals surface area contributed by atoms with Crippen LogP contribution in [0.5, 0.6) is 0 Å². The predicted molar refractivity (Wildman–Crippen MR) is 79.6 cm³/mol. The van der Waals surface area contributed by atoms with E-state index < -0.39 is 10.0 Å². The number of ether oxygens (including phenoxy) is 1. The highest BCUT2D eigenvalue weighted by molar-refractivity contribution is 7.89. The molecule has 0 bridgehead atoms. The summed E-state index contributed by atoms with van der Waals surface area (Å²) in [6.45, 7) is 8.27. The summed E-state index contributed by atoms with van der Waals surface area (Å²) in [5, 5.41) is 4.30. The Bertz CT molecular complexity index is 537. The zero-order valence-corrected chi connectivity index (χ0v) is 13.5. The van der Waals surface area contributed by atoms with E-state index in [2.05, 4.69) is 14.7 Å². The highest BCUT2D eigenvalue weighted by Crippen LogP contribution is 2.10. The van der Waals surface area contributed by atoms with Crippen LogP contribution in [0.25, 0.3) is 0 Å². The van der Waals surface area contributed by atoms with Crippen molar-refractivity contribution >= 4 is 10.0 Å². The first-order valence-corrected chi connectivity index (χ1v) is 8.85. The topological polar surface area (TPSA) is 76.5 Å². The van der Waals surface area contributed by atoms with Crippen molar-refractivity contribution in [3.05, 3.63) is 12.3 Å². The van der Waals surface area contributed by atoms with Crippen LogP contribution in [0.2, 0.25) is 0 Å². The Kier molecular flexibility index (Phi) is 5.74. The molecule has 1 aliphatic rings. The average molecular weight is 316 g/mol. The number of nitrogens with one attached hydrogen (secondary N) is 1. The molecule has 0 amide bonds. The Labute approximate surface area is 126 Å². The number of hydrogen-bond donors (Lipinski definition) is 1. The second-order valence-corrected chi connectivity index (χ2v) is 6.99. The Morgan fingerprint density at radius 3 is 2.81 bits per heavy atom. The first-order valence-electron chi connectivity index (χ1n) is 7.37. The fourth-order valence-electron chi connectivity index (χ4n) is 2.46. The van der Waals surface area contributed by atoms with Gasteiger partial charge in [-0.3, -0.25) is 9.58 Å². The molecule has 1 aromatic rings. The molecule has 120 valence electrons. The van der Waals surface area contributed by atoms with Crippen LogP contribution in [-0.4, -0.2) is 62.0 Å². The number of hydrogen-bond acceptors (Lipinski definition) is 5. The van der Waals surface area contributed by atoms with Crippen LogP contribution in [0.3, 0.4) is 0 Å². The molecule has 1 N–H and O–H groups in total. The van der Waals surface area contributed by atoms with Gasteiger partial charge in [-0.05, 0) is 19.4 Å². The smallest absolute Gasteiger partial charge is 0.257 e. The van der Waals surface area contributed by atoms with E-state index in [1.54, 1.807) is 6.07 Å². The maximum atomic E-state index is 12.4. The number of nitrogens with zero attached hydrogens (tertiary/aromatic N) is 3. The molecule has 1 saturated heterocycles. The highest BCUT2D eigenvalue weighted by Gasteiger charge is 2.23. The SMILES string of the molecule is CCCn1nccc1S(=O)(=O)NC(C)CN1CCOCC1. The molecule has 7 nitrogen and oxygen atoms in total. The van der Waals surface area contributed by atoms with Gasteiger partial charge in [0.25, 0.3) is 10.0 Å². The van der Waals surface area contributed by atoms with Crippen molar-refractivity contribution in [2.45, 2.75) is 37.9 Å². The first kappa shape index (κ1) is 16.4. The molecular formula is C13H24N4O3S. The van der Waals surface area contributed by atoms with Gasteiger partial charge in [-0.2, -0.15) is 5.10 Å². The van der Waals surface area contributed by atoms with Crippen LogP contribution in [-0.2, 0) is 21.3 Å². The van der Waals surface area contributed by atoms with Crippen LogP contribution in [0.1, 0.15) is 20.3 Å². The molecule has 1 aliphatic heterocycles. The molecule has 0 spiro atoms. The monoisotopic (exact) mass is 316 g/mol. The molecule has 1 atom stereocenters. The van der Waals surface area contributed by atoms with Gasteiger partial charge in [0.1, 0.15) is 0 Å². The molecule has 0 aromatic carbocycles. The number of rotatable bonds is 7. The molecule has 1 fully saturated rings. The molecule has 2 rings (SSSR count). The van der Waals surface area contributed by atoms with Crippen molar-refractivity contribution in [3.63, 3.8) is 0 Å². The highest BCUT2D eigenvalue weighted by atomic mass is 32.2. The van der Waals surface area contributed by atoms with Gasteiger partial charge >= 0.3 is 0 Å². The van der Waals surface area contributed by atoms with Crippen LogP contribution in [0, 0.1) is 0 Å². The molecule has 0 aliphatic carbocycles. The summed E-state index contributed by atoms with van der Waals surface area (Å²) < 4.78 is 34.4. The zero-order valence-electron chi connectivity index (χ0n) is 12.7. The maximum absolute atomic E-state index is 12.4. The van der Waals surface area contributed by atoms with E-state index in [1.807, 2.05) is 13.8 Å². The third kappa shape index (κ3) is 4.50. The molecule has 1 aromatic heterocycles. The van der Waals surface area contributed by atoms with Crippen LogP contribution >= 0.6 is 0 Å². The normalized spacial score (nSPS) is 18.8. The van der Waals surface area contributed by atoms with Gasteiger partial charge in [-0.25, -0.2) is 13.1 Å². The molecule has 21 heavy (non-hydrogen) atoms. The molecule has 1 unspecified atom stereocenters. The second kappa shape index (κ2) is 7.35. The first-order chi connectivity index (χ1) is 10.0. The Morgan fingerprint density at radius 2 is 2.14 bits per heavy atom. The minimum Gasteiger partial charge on any atom is -0.379 e. The quantitative estimate of drug-likeness (QED) is 0.782. The lowest BCUT2D eigenvalue weighted by molar-refractivity contribution is 0.0354. The average Bonchev–Trinajstić information content (AvgIpc) is 2.88. The summed E-state index contributed by atoms with van der Waals surface area (Å²) in [5.74, 6) is 0. The van der Waals surface area contributed by atoms with E-state index in [9.17, 15) is 8.42 Å². The van der Waals surface area contributed by atoms with E-state index in [4.69, 9.17) is 4.74 Å². The second-order valence-electron chi connectivity index (χ2n) is 5.33. The van der Waals surface area contributed by atoms with Crippen LogP contribution in [0.4, 0.5) is 0 Å². The van der Waals surface area contributed by atoms with Crippen molar-refractivity contribution in [2.75, 3.05) is 32.8 Å². The number of morpholine rings is 1. The lowest BCUT2D eigenvalue weighted by Crippen LogP contribution is -2.46. The summed E-state index contributed by atoms with van der Waals surface area (Å²) in [5.41, 5.74) is 0. The van der Waals surface area contributed by atoms with Gasteiger partial charge in [-0.15, -0.1) is 0 Å². The van der Waals surface area contributed by atoms with E-state index in [0.29, 0.717) is 26.3 Å². The standard InChI is InChI=1S/C13H24N4O3S/c1-3-6-17-13(4-5-14-17)21(18,19)15-12(2)11-16-7-9-20-10-8-16/h4-5,12,15H,3,6-11H2,1-2H3. The molecule has 0 radical (unpaired) electrons. The maximum Gasteiger partial charge on any atom is 0.257 e. The summed E-state index contributed by atoms with van der Waals surface area (Å²) in [4.78, 5) is 2.21. The Morgan fingerprint density at radius 1 is 1.43 bits per heavy atom. The van der Waals surface area contributed by atoms with Crippen molar-refractivity contribution in [2.24, 2.45) is 0 Å².